The fraction of sp³-hybridized carbons (Fsp3) is 0.667. The lowest BCUT2D eigenvalue weighted by Gasteiger charge is -1.82. The summed E-state index contributed by atoms with van der Waals surface area (Å²) in [6, 6.07) is 0. The Morgan fingerprint density at radius 3 is 2.00 bits per heavy atom. The smallest absolute Gasteiger partial charge is 0.106 e. The van der Waals surface area contributed by atoms with Crippen LogP contribution in [0.25, 0.3) is 0 Å². The van der Waals surface area contributed by atoms with Crippen LogP contribution in [-0.2, 0) is 6.42 Å². The number of aromatic amines is 1. The van der Waals surface area contributed by atoms with E-state index in [2.05, 4.69) is 16.9 Å². The van der Waals surface area contributed by atoms with E-state index in [9.17, 15) is 0 Å². The largest absolute Gasteiger partial charge is 0.346 e. The number of aryl methyl sites for hydroxylation is 3. The van der Waals surface area contributed by atoms with Gasteiger partial charge in [-0.2, -0.15) is 0 Å². The highest BCUT2D eigenvalue weighted by Crippen LogP contribution is 2.01. The standard InChI is InChI=1S/C7H12N2.C2H6/c1-4-7-8-5(2)6(3)9-7;1-2/h4H2,1-3H3,(H,8,9);1-2H3. The van der Waals surface area contributed by atoms with Gasteiger partial charge in [0, 0.05) is 12.1 Å². The highest BCUT2D eigenvalue weighted by atomic mass is 14.9. The molecule has 11 heavy (non-hydrogen) atoms. The van der Waals surface area contributed by atoms with Gasteiger partial charge in [-0.1, -0.05) is 20.8 Å². The summed E-state index contributed by atoms with van der Waals surface area (Å²) in [7, 11) is 0. The van der Waals surface area contributed by atoms with Gasteiger partial charge < -0.3 is 4.98 Å². The summed E-state index contributed by atoms with van der Waals surface area (Å²) >= 11 is 0. The summed E-state index contributed by atoms with van der Waals surface area (Å²) in [4.78, 5) is 7.46. The van der Waals surface area contributed by atoms with Crippen molar-refractivity contribution < 1.29 is 0 Å². The number of nitrogens with one attached hydrogen (secondary N) is 1. The number of hydrogen-bond donors (Lipinski definition) is 1. The van der Waals surface area contributed by atoms with Crippen molar-refractivity contribution in [3.8, 4) is 0 Å². The number of imidazole rings is 1. The van der Waals surface area contributed by atoms with Crippen molar-refractivity contribution >= 4 is 0 Å². The molecule has 0 spiro atoms. The zero-order chi connectivity index (χ0) is 8.85. The monoisotopic (exact) mass is 154 g/mol. The molecule has 0 atom stereocenters. The van der Waals surface area contributed by atoms with Crippen LogP contribution < -0.4 is 0 Å². The van der Waals surface area contributed by atoms with Gasteiger partial charge in [0.05, 0.1) is 5.69 Å². The summed E-state index contributed by atoms with van der Waals surface area (Å²) in [5.74, 6) is 1.09. The van der Waals surface area contributed by atoms with Crippen LogP contribution in [0.1, 0.15) is 38.0 Å². The van der Waals surface area contributed by atoms with Gasteiger partial charge in [0.15, 0.2) is 0 Å². The van der Waals surface area contributed by atoms with Crippen molar-refractivity contribution in [3.05, 3.63) is 17.2 Å². The fourth-order valence-electron chi connectivity index (χ4n) is 0.789. The Labute approximate surface area is 69.1 Å². The molecule has 0 unspecified atom stereocenters. The maximum atomic E-state index is 4.27. The van der Waals surface area contributed by atoms with Crippen LogP contribution in [0, 0.1) is 13.8 Å². The lowest BCUT2D eigenvalue weighted by molar-refractivity contribution is 0.977. The molecule has 1 heterocycles. The number of rotatable bonds is 1. The van der Waals surface area contributed by atoms with Crippen molar-refractivity contribution in [2.24, 2.45) is 0 Å². The molecule has 0 saturated carbocycles. The van der Waals surface area contributed by atoms with Crippen molar-refractivity contribution in [3.63, 3.8) is 0 Å². The number of H-pyrrole nitrogens is 1. The predicted octanol–water partition coefficient (Wildman–Crippen LogP) is 2.62. The first-order valence-corrected chi connectivity index (χ1v) is 4.26. The minimum Gasteiger partial charge on any atom is -0.346 e. The molecular weight excluding hydrogens is 136 g/mol. The zero-order valence-electron chi connectivity index (χ0n) is 8.15. The Balaban J connectivity index is 0.000000461. The third-order valence-electron chi connectivity index (χ3n) is 1.51. The molecular formula is C9H18N2. The zero-order valence-corrected chi connectivity index (χ0v) is 8.15. The fourth-order valence-corrected chi connectivity index (χ4v) is 0.789. The second kappa shape index (κ2) is 4.94. The van der Waals surface area contributed by atoms with Gasteiger partial charge in [-0.25, -0.2) is 4.98 Å². The van der Waals surface area contributed by atoms with E-state index >= 15 is 0 Å². The molecule has 0 amide bonds. The minimum absolute atomic E-state index is 0.995. The topological polar surface area (TPSA) is 28.7 Å². The molecule has 1 N–H and O–H groups in total. The molecule has 1 aromatic rings. The van der Waals surface area contributed by atoms with E-state index in [-0.39, 0.29) is 0 Å². The first-order valence-electron chi connectivity index (χ1n) is 4.26. The molecule has 0 aliphatic heterocycles. The number of aromatic nitrogens is 2. The first-order chi connectivity index (χ1) is 5.24. The number of hydrogen-bond acceptors (Lipinski definition) is 1. The number of nitrogens with zero attached hydrogens (tertiary/aromatic N) is 1. The molecule has 0 fully saturated rings. The summed E-state index contributed by atoms with van der Waals surface area (Å²) in [5, 5.41) is 0. The van der Waals surface area contributed by atoms with Crippen LogP contribution in [-0.4, -0.2) is 9.97 Å². The van der Waals surface area contributed by atoms with Gasteiger partial charge in [0.2, 0.25) is 0 Å². The normalized spacial score (nSPS) is 8.82. The Morgan fingerprint density at radius 1 is 1.27 bits per heavy atom. The van der Waals surface area contributed by atoms with E-state index in [1.165, 1.54) is 5.69 Å². The predicted molar refractivity (Wildman–Crippen MR) is 48.8 cm³/mol. The first kappa shape index (κ1) is 10.2. The highest BCUT2D eigenvalue weighted by Gasteiger charge is 1.97. The van der Waals surface area contributed by atoms with Crippen molar-refractivity contribution in [1.29, 1.82) is 0 Å². The van der Waals surface area contributed by atoms with Crippen LogP contribution in [0.4, 0.5) is 0 Å². The highest BCUT2D eigenvalue weighted by molar-refractivity contribution is 5.10. The van der Waals surface area contributed by atoms with Crippen LogP contribution in [0.5, 0.6) is 0 Å². The second-order valence-electron chi connectivity index (χ2n) is 2.25. The van der Waals surface area contributed by atoms with Crippen LogP contribution in [0.3, 0.4) is 0 Å². The molecule has 64 valence electrons. The van der Waals surface area contributed by atoms with E-state index in [0.29, 0.717) is 0 Å². The van der Waals surface area contributed by atoms with E-state index in [0.717, 1.165) is 17.9 Å². The van der Waals surface area contributed by atoms with Crippen molar-refractivity contribution in [2.45, 2.75) is 41.0 Å². The van der Waals surface area contributed by atoms with Crippen molar-refractivity contribution in [1.82, 2.24) is 9.97 Å². The molecule has 2 nitrogen and oxygen atoms in total. The van der Waals surface area contributed by atoms with E-state index in [4.69, 9.17) is 0 Å². The lowest BCUT2D eigenvalue weighted by Crippen LogP contribution is -1.80. The lowest BCUT2D eigenvalue weighted by atomic mass is 10.4. The molecule has 0 aliphatic rings. The maximum Gasteiger partial charge on any atom is 0.106 e. The van der Waals surface area contributed by atoms with Gasteiger partial charge in [-0.05, 0) is 13.8 Å². The van der Waals surface area contributed by atoms with Crippen LogP contribution >= 0.6 is 0 Å². The SMILES string of the molecule is CC.CCc1nc(C)c(C)[nH]1. The van der Waals surface area contributed by atoms with Gasteiger partial charge in [0.25, 0.3) is 0 Å². The van der Waals surface area contributed by atoms with E-state index in [1.54, 1.807) is 0 Å². The van der Waals surface area contributed by atoms with Crippen LogP contribution in [0.15, 0.2) is 0 Å². The van der Waals surface area contributed by atoms with Crippen LogP contribution in [0.2, 0.25) is 0 Å². The summed E-state index contributed by atoms with van der Waals surface area (Å²) in [6.07, 6.45) is 0.995. The molecule has 0 radical (unpaired) electrons. The average molecular weight is 154 g/mol. The summed E-state index contributed by atoms with van der Waals surface area (Å²) < 4.78 is 0. The van der Waals surface area contributed by atoms with Gasteiger partial charge in [-0.3, -0.25) is 0 Å². The molecule has 2 heteroatoms. The molecule has 0 bridgehead atoms. The molecule has 0 aromatic carbocycles. The Bertz CT molecular complexity index is 182. The Morgan fingerprint density at radius 2 is 1.82 bits per heavy atom. The molecule has 1 aromatic heterocycles. The van der Waals surface area contributed by atoms with Gasteiger partial charge >= 0.3 is 0 Å². The third kappa shape index (κ3) is 2.74. The Kier molecular flexibility index (Phi) is 4.59. The summed E-state index contributed by atoms with van der Waals surface area (Å²) in [6.45, 7) is 10.2. The van der Waals surface area contributed by atoms with Gasteiger partial charge in [0.1, 0.15) is 5.82 Å². The molecule has 0 saturated heterocycles. The quantitative estimate of drug-likeness (QED) is 0.661. The molecule has 1 rings (SSSR count). The maximum absolute atomic E-state index is 4.27. The average Bonchev–Trinajstić information content (AvgIpc) is 2.36. The second-order valence-corrected chi connectivity index (χ2v) is 2.25. The molecule has 0 aliphatic carbocycles. The summed E-state index contributed by atoms with van der Waals surface area (Å²) in [5.41, 5.74) is 2.30. The van der Waals surface area contributed by atoms with Crippen molar-refractivity contribution in [2.75, 3.05) is 0 Å². The Hall–Kier alpha value is -0.790. The minimum atomic E-state index is 0.995. The third-order valence-corrected chi connectivity index (χ3v) is 1.51. The van der Waals surface area contributed by atoms with E-state index in [1.807, 2.05) is 27.7 Å². The van der Waals surface area contributed by atoms with Gasteiger partial charge in [-0.15, -0.1) is 0 Å². The van der Waals surface area contributed by atoms with E-state index < -0.39 is 0 Å².